The third kappa shape index (κ3) is 2.34. The van der Waals surface area contributed by atoms with E-state index in [1.165, 1.54) is 11.3 Å². The number of halogens is 1. The van der Waals surface area contributed by atoms with Gasteiger partial charge in [0.25, 0.3) is 5.91 Å². The lowest BCUT2D eigenvalue weighted by molar-refractivity contribution is -0.127. The first-order valence-corrected chi connectivity index (χ1v) is 7.74. The smallest absolute Gasteiger partial charge is 0.266 e. The number of carbonyl (C=O) groups excluding carboxylic acids is 2. The average Bonchev–Trinajstić information content (AvgIpc) is 2.78. The summed E-state index contributed by atoms with van der Waals surface area (Å²) in [7, 11) is 0. The summed E-state index contributed by atoms with van der Waals surface area (Å²) >= 11 is 7.30. The third-order valence-corrected chi connectivity index (χ3v) is 5.05. The second kappa shape index (κ2) is 5.20. The van der Waals surface area contributed by atoms with E-state index in [1.807, 2.05) is 6.07 Å². The molecule has 1 saturated heterocycles. The normalized spacial score (nSPS) is 18.9. The van der Waals surface area contributed by atoms with Crippen LogP contribution in [-0.4, -0.2) is 35.8 Å². The molecule has 0 aliphatic carbocycles. The summed E-state index contributed by atoms with van der Waals surface area (Å²) in [6.07, 6.45) is 0. The van der Waals surface area contributed by atoms with Gasteiger partial charge in [-0.15, -0.1) is 11.3 Å². The highest BCUT2D eigenvalue weighted by molar-refractivity contribution is 7.21. The molecule has 0 radical (unpaired) electrons. The van der Waals surface area contributed by atoms with Gasteiger partial charge in [0.2, 0.25) is 5.91 Å². The fraction of sp³-hybridized carbons (Fsp3) is 0.286. The van der Waals surface area contributed by atoms with Crippen LogP contribution in [0.3, 0.4) is 0 Å². The number of nitrogens with zero attached hydrogens (tertiary/aromatic N) is 1. The number of anilines is 1. The van der Waals surface area contributed by atoms with Crippen molar-refractivity contribution in [3.63, 3.8) is 0 Å². The van der Waals surface area contributed by atoms with E-state index in [0.717, 1.165) is 10.1 Å². The van der Waals surface area contributed by atoms with Gasteiger partial charge in [-0.2, -0.15) is 0 Å². The van der Waals surface area contributed by atoms with Crippen LogP contribution in [0.5, 0.6) is 0 Å². The molecule has 1 atom stereocenters. The van der Waals surface area contributed by atoms with Crippen LogP contribution in [-0.2, 0) is 4.79 Å². The second-order valence-corrected chi connectivity index (χ2v) is 6.44. The Kier molecular flexibility index (Phi) is 3.51. The highest BCUT2D eigenvalue weighted by atomic mass is 35.5. The fourth-order valence-electron chi connectivity index (χ4n) is 2.44. The van der Waals surface area contributed by atoms with Gasteiger partial charge < -0.3 is 16.0 Å². The molecular formula is C14H14ClN3O2S. The van der Waals surface area contributed by atoms with E-state index in [2.05, 4.69) is 5.32 Å². The van der Waals surface area contributed by atoms with Crippen LogP contribution in [0.2, 0.25) is 5.02 Å². The van der Waals surface area contributed by atoms with Crippen LogP contribution in [0.4, 0.5) is 5.69 Å². The Bertz CT molecular complexity index is 743. The summed E-state index contributed by atoms with van der Waals surface area (Å²) in [5.41, 5.74) is 6.53. The number of nitrogens with one attached hydrogen (secondary N) is 1. The van der Waals surface area contributed by atoms with Crippen LogP contribution in [0.15, 0.2) is 18.2 Å². The van der Waals surface area contributed by atoms with E-state index in [1.54, 1.807) is 24.0 Å². The van der Waals surface area contributed by atoms with Crippen LogP contribution < -0.4 is 11.1 Å². The molecule has 0 saturated carbocycles. The molecule has 2 heterocycles. The van der Waals surface area contributed by atoms with Gasteiger partial charge in [0.05, 0.1) is 5.69 Å². The largest absolute Gasteiger partial charge is 0.397 e. The summed E-state index contributed by atoms with van der Waals surface area (Å²) in [6.45, 7) is 2.67. The number of thiophene rings is 1. The molecule has 21 heavy (non-hydrogen) atoms. The van der Waals surface area contributed by atoms with Gasteiger partial charge in [-0.25, -0.2) is 0 Å². The first-order valence-electron chi connectivity index (χ1n) is 6.55. The number of amides is 2. The fourth-order valence-corrected chi connectivity index (χ4v) is 3.67. The van der Waals surface area contributed by atoms with Crippen molar-refractivity contribution in [2.24, 2.45) is 0 Å². The quantitative estimate of drug-likeness (QED) is 0.844. The van der Waals surface area contributed by atoms with Gasteiger partial charge in [0.1, 0.15) is 10.9 Å². The molecule has 1 unspecified atom stereocenters. The van der Waals surface area contributed by atoms with Gasteiger partial charge >= 0.3 is 0 Å². The first-order chi connectivity index (χ1) is 9.99. The lowest BCUT2D eigenvalue weighted by atomic mass is 10.1. The molecule has 1 aliphatic rings. The van der Waals surface area contributed by atoms with E-state index in [9.17, 15) is 9.59 Å². The molecule has 0 bridgehead atoms. The third-order valence-electron chi connectivity index (χ3n) is 3.64. The molecule has 5 nitrogen and oxygen atoms in total. The maximum Gasteiger partial charge on any atom is 0.266 e. The van der Waals surface area contributed by atoms with Crippen LogP contribution in [0, 0.1) is 0 Å². The zero-order valence-electron chi connectivity index (χ0n) is 11.4. The maximum atomic E-state index is 12.7. The number of rotatable bonds is 1. The Balaban J connectivity index is 2.01. The van der Waals surface area contributed by atoms with Gasteiger partial charge in [0, 0.05) is 28.2 Å². The minimum Gasteiger partial charge on any atom is -0.397 e. The minimum atomic E-state index is -0.487. The predicted molar refractivity (Wildman–Crippen MR) is 84.8 cm³/mol. The lowest BCUT2D eigenvalue weighted by Gasteiger charge is -2.32. The number of piperazine rings is 1. The number of hydrogen-bond donors (Lipinski definition) is 2. The molecule has 2 aromatic rings. The van der Waals surface area contributed by atoms with Crippen molar-refractivity contribution < 1.29 is 9.59 Å². The molecule has 1 fully saturated rings. The second-order valence-electron chi connectivity index (χ2n) is 4.95. The van der Waals surface area contributed by atoms with Crippen molar-refractivity contribution in [3.8, 4) is 0 Å². The molecule has 3 rings (SSSR count). The van der Waals surface area contributed by atoms with E-state index in [4.69, 9.17) is 17.3 Å². The highest BCUT2D eigenvalue weighted by Crippen LogP contribution is 2.36. The minimum absolute atomic E-state index is 0.141. The summed E-state index contributed by atoms with van der Waals surface area (Å²) in [5.74, 6) is -0.343. The molecule has 3 N–H and O–H groups in total. The monoisotopic (exact) mass is 323 g/mol. The van der Waals surface area contributed by atoms with Crippen LogP contribution >= 0.6 is 22.9 Å². The van der Waals surface area contributed by atoms with E-state index in [-0.39, 0.29) is 11.8 Å². The zero-order valence-corrected chi connectivity index (χ0v) is 12.9. The van der Waals surface area contributed by atoms with Crippen LogP contribution in [0.1, 0.15) is 16.6 Å². The molecule has 0 spiro atoms. The number of nitrogen functional groups attached to an aromatic ring is 1. The Morgan fingerprint density at radius 1 is 1.52 bits per heavy atom. The molecule has 2 amide bonds. The zero-order chi connectivity index (χ0) is 15.1. The van der Waals surface area contributed by atoms with Gasteiger partial charge in [-0.3, -0.25) is 9.59 Å². The predicted octanol–water partition coefficient (Wildman–Crippen LogP) is 2.10. The summed E-state index contributed by atoms with van der Waals surface area (Å²) < 4.78 is 0.911. The van der Waals surface area contributed by atoms with Gasteiger partial charge in [0.15, 0.2) is 0 Å². The lowest BCUT2D eigenvalue weighted by Crippen LogP contribution is -2.55. The highest BCUT2D eigenvalue weighted by Gasteiger charge is 2.32. The number of benzene rings is 1. The molecule has 1 aromatic carbocycles. The van der Waals surface area contributed by atoms with Crippen molar-refractivity contribution in [1.29, 1.82) is 0 Å². The van der Waals surface area contributed by atoms with E-state index in [0.29, 0.717) is 28.7 Å². The van der Waals surface area contributed by atoms with Crippen molar-refractivity contribution in [2.75, 3.05) is 18.8 Å². The van der Waals surface area contributed by atoms with Gasteiger partial charge in [-0.05, 0) is 25.1 Å². The topological polar surface area (TPSA) is 75.4 Å². The standard InChI is InChI=1S/C14H14ClN3O2S/c1-7-13(19)17-4-5-18(7)14(20)12-11(16)9-6-8(15)2-3-10(9)21-12/h2-3,6-7H,4-5,16H2,1H3,(H,17,19). The van der Waals surface area contributed by atoms with E-state index >= 15 is 0 Å². The van der Waals surface area contributed by atoms with Gasteiger partial charge in [-0.1, -0.05) is 11.6 Å². The van der Waals surface area contributed by atoms with Crippen molar-refractivity contribution >= 4 is 50.5 Å². The summed E-state index contributed by atoms with van der Waals surface area (Å²) in [6, 6.07) is 4.89. The average molecular weight is 324 g/mol. The SMILES string of the molecule is CC1C(=O)NCCN1C(=O)c1sc2ccc(Cl)cc2c1N. The summed E-state index contributed by atoms with van der Waals surface area (Å²) in [4.78, 5) is 26.4. The van der Waals surface area contributed by atoms with Crippen LogP contribution in [0.25, 0.3) is 10.1 Å². The molecule has 1 aliphatic heterocycles. The maximum absolute atomic E-state index is 12.7. The molecule has 110 valence electrons. The molecule has 7 heteroatoms. The van der Waals surface area contributed by atoms with Crippen molar-refractivity contribution in [1.82, 2.24) is 10.2 Å². The van der Waals surface area contributed by atoms with Crippen molar-refractivity contribution in [3.05, 3.63) is 28.1 Å². The first kappa shape index (κ1) is 14.2. The number of fused-ring (bicyclic) bond motifs is 1. The Morgan fingerprint density at radius 2 is 2.29 bits per heavy atom. The molecular weight excluding hydrogens is 310 g/mol. The molecule has 1 aromatic heterocycles. The Hall–Kier alpha value is -1.79. The number of nitrogens with two attached hydrogens (primary N) is 1. The Labute approximate surface area is 130 Å². The Morgan fingerprint density at radius 3 is 3.05 bits per heavy atom. The van der Waals surface area contributed by atoms with Crippen molar-refractivity contribution in [2.45, 2.75) is 13.0 Å². The number of carbonyl (C=O) groups is 2. The summed E-state index contributed by atoms with van der Waals surface area (Å²) in [5, 5.41) is 4.10. The van der Waals surface area contributed by atoms with E-state index < -0.39 is 6.04 Å². The number of hydrogen-bond acceptors (Lipinski definition) is 4.